The van der Waals surface area contributed by atoms with E-state index in [4.69, 9.17) is 10.00 Å². The molecule has 0 aliphatic heterocycles. The lowest BCUT2D eigenvalue weighted by atomic mass is 9.90. The van der Waals surface area contributed by atoms with Crippen LogP contribution in [0.3, 0.4) is 0 Å². The number of benzene rings is 2. The van der Waals surface area contributed by atoms with Gasteiger partial charge in [-0.3, -0.25) is 4.79 Å². The van der Waals surface area contributed by atoms with Crippen molar-refractivity contribution in [2.24, 2.45) is 0 Å². The molecule has 1 atom stereocenters. The van der Waals surface area contributed by atoms with Crippen molar-refractivity contribution in [2.75, 3.05) is 7.11 Å². The SMILES string of the molecule is COc1ccc(C(C)C(=O)c2ccc(C#N)cc2C)cc1. The number of nitriles is 1. The Kier molecular flexibility index (Phi) is 4.39. The van der Waals surface area contributed by atoms with E-state index in [1.165, 1.54) is 0 Å². The smallest absolute Gasteiger partial charge is 0.170 e. The summed E-state index contributed by atoms with van der Waals surface area (Å²) in [6.07, 6.45) is 0. The fourth-order valence-electron chi connectivity index (χ4n) is 2.29. The zero-order valence-corrected chi connectivity index (χ0v) is 12.4. The Morgan fingerprint density at radius 2 is 1.86 bits per heavy atom. The molecule has 0 radical (unpaired) electrons. The third kappa shape index (κ3) is 3.11. The molecular formula is C18H17NO2. The lowest BCUT2D eigenvalue weighted by Crippen LogP contribution is -2.11. The largest absolute Gasteiger partial charge is 0.497 e. The highest BCUT2D eigenvalue weighted by Crippen LogP contribution is 2.24. The van der Waals surface area contributed by atoms with E-state index >= 15 is 0 Å². The number of nitrogens with zero attached hydrogens (tertiary/aromatic N) is 1. The molecule has 0 heterocycles. The minimum atomic E-state index is -0.234. The van der Waals surface area contributed by atoms with E-state index in [2.05, 4.69) is 6.07 Å². The van der Waals surface area contributed by atoms with Gasteiger partial charge < -0.3 is 4.74 Å². The maximum atomic E-state index is 12.6. The first-order valence-corrected chi connectivity index (χ1v) is 6.75. The number of rotatable bonds is 4. The number of carbonyl (C=O) groups excluding carboxylic acids is 1. The second kappa shape index (κ2) is 6.23. The fourth-order valence-corrected chi connectivity index (χ4v) is 2.29. The van der Waals surface area contributed by atoms with Gasteiger partial charge in [-0.1, -0.05) is 19.1 Å². The van der Waals surface area contributed by atoms with Crippen LogP contribution in [0.5, 0.6) is 5.75 Å². The number of hydrogen-bond acceptors (Lipinski definition) is 3. The summed E-state index contributed by atoms with van der Waals surface area (Å²) in [5, 5.41) is 8.88. The van der Waals surface area contributed by atoms with Crippen molar-refractivity contribution in [3.63, 3.8) is 0 Å². The lowest BCUT2D eigenvalue weighted by Gasteiger charge is -2.13. The van der Waals surface area contributed by atoms with Crippen LogP contribution in [0.15, 0.2) is 42.5 Å². The first kappa shape index (κ1) is 14.8. The van der Waals surface area contributed by atoms with E-state index in [9.17, 15) is 4.79 Å². The van der Waals surface area contributed by atoms with Crippen LogP contribution in [-0.4, -0.2) is 12.9 Å². The Morgan fingerprint density at radius 1 is 1.19 bits per heavy atom. The van der Waals surface area contributed by atoms with Crippen molar-refractivity contribution >= 4 is 5.78 Å². The number of carbonyl (C=O) groups is 1. The molecule has 106 valence electrons. The summed E-state index contributed by atoms with van der Waals surface area (Å²) in [6, 6.07) is 14.8. The number of ketones is 1. The van der Waals surface area contributed by atoms with Crippen molar-refractivity contribution in [3.05, 3.63) is 64.7 Å². The zero-order valence-electron chi connectivity index (χ0n) is 12.4. The molecule has 0 aliphatic carbocycles. The molecule has 1 unspecified atom stereocenters. The number of Topliss-reactive ketones (excluding diaryl/α,β-unsaturated/α-hetero) is 1. The Balaban J connectivity index is 2.28. The molecular weight excluding hydrogens is 262 g/mol. The molecule has 0 saturated carbocycles. The van der Waals surface area contributed by atoms with Crippen LogP contribution in [0.1, 0.15) is 39.9 Å². The Hall–Kier alpha value is -2.60. The van der Waals surface area contributed by atoms with Gasteiger partial charge in [0.2, 0.25) is 0 Å². The van der Waals surface area contributed by atoms with Crippen LogP contribution in [0.25, 0.3) is 0 Å². The highest BCUT2D eigenvalue weighted by Gasteiger charge is 2.19. The average molecular weight is 279 g/mol. The van der Waals surface area contributed by atoms with Gasteiger partial charge in [0.05, 0.1) is 18.7 Å². The predicted octanol–water partition coefficient (Wildman–Crippen LogP) is 3.86. The molecule has 0 fully saturated rings. The average Bonchev–Trinajstić information content (AvgIpc) is 2.53. The zero-order chi connectivity index (χ0) is 15.4. The van der Waals surface area contributed by atoms with Crippen LogP contribution in [0.2, 0.25) is 0 Å². The van der Waals surface area contributed by atoms with Crippen molar-refractivity contribution < 1.29 is 9.53 Å². The molecule has 3 nitrogen and oxygen atoms in total. The van der Waals surface area contributed by atoms with Crippen molar-refractivity contribution in [2.45, 2.75) is 19.8 Å². The summed E-state index contributed by atoms with van der Waals surface area (Å²) >= 11 is 0. The van der Waals surface area contributed by atoms with Crippen molar-refractivity contribution in [1.29, 1.82) is 5.26 Å². The highest BCUT2D eigenvalue weighted by atomic mass is 16.5. The Labute approximate surface area is 124 Å². The van der Waals surface area contributed by atoms with Gasteiger partial charge >= 0.3 is 0 Å². The first-order chi connectivity index (χ1) is 10.1. The molecule has 3 heteroatoms. The van der Waals surface area contributed by atoms with Gasteiger partial charge in [-0.2, -0.15) is 5.26 Å². The number of methoxy groups -OCH3 is 1. The maximum absolute atomic E-state index is 12.6. The molecule has 2 aromatic carbocycles. The molecule has 0 aliphatic rings. The van der Waals surface area contributed by atoms with E-state index < -0.39 is 0 Å². The molecule has 2 aromatic rings. The van der Waals surface area contributed by atoms with E-state index in [0.717, 1.165) is 16.9 Å². The highest BCUT2D eigenvalue weighted by molar-refractivity contribution is 6.02. The van der Waals surface area contributed by atoms with Gasteiger partial charge in [-0.05, 0) is 48.4 Å². The van der Waals surface area contributed by atoms with Crippen LogP contribution >= 0.6 is 0 Å². The first-order valence-electron chi connectivity index (χ1n) is 6.75. The minimum Gasteiger partial charge on any atom is -0.497 e. The third-order valence-corrected chi connectivity index (χ3v) is 3.63. The summed E-state index contributed by atoms with van der Waals surface area (Å²) in [4.78, 5) is 12.6. The summed E-state index contributed by atoms with van der Waals surface area (Å²) in [7, 11) is 1.61. The number of hydrogen-bond donors (Lipinski definition) is 0. The van der Waals surface area contributed by atoms with E-state index in [-0.39, 0.29) is 11.7 Å². The lowest BCUT2D eigenvalue weighted by molar-refractivity contribution is 0.0965. The Morgan fingerprint density at radius 3 is 2.38 bits per heavy atom. The van der Waals surface area contributed by atoms with Crippen molar-refractivity contribution in [1.82, 2.24) is 0 Å². The topological polar surface area (TPSA) is 50.1 Å². The van der Waals surface area contributed by atoms with E-state index in [1.807, 2.05) is 38.1 Å². The molecule has 21 heavy (non-hydrogen) atoms. The van der Waals surface area contributed by atoms with Crippen LogP contribution < -0.4 is 4.74 Å². The van der Waals surface area contributed by atoms with Crippen LogP contribution in [0.4, 0.5) is 0 Å². The fraction of sp³-hybridized carbons (Fsp3) is 0.222. The monoisotopic (exact) mass is 279 g/mol. The Bertz CT molecular complexity index is 696. The number of aryl methyl sites for hydroxylation is 1. The molecule has 0 saturated heterocycles. The summed E-state index contributed by atoms with van der Waals surface area (Å²) in [5.41, 5.74) is 3.02. The molecule has 2 rings (SSSR count). The summed E-state index contributed by atoms with van der Waals surface area (Å²) in [5.74, 6) is 0.595. The van der Waals surface area contributed by atoms with Gasteiger partial charge in [0.1, 0.15) is 5.75 Å². The van der Waals surface area contributed by atoms with Gasteiger partial charge in [0.15, 0.2) is 5.78 Å². The van der Waals surface area contributed by atoms with Crippen LogP contribution in [-0.2, 0) is 0 Å². The van der Waals surface area contributed by atoms with Gasteiger partial charge in [0, 0.05) is 11.5 Å². The maximum Gasteiger partial charge on any atom is 0.170 e. The quantitative estimate of drug-likeness (QED) is 0.798. The number of ether oxygens (including phenoxy) is 1. The van der Waals surface area contributed by atoms with Gasteiger partial charge in [-0.25, -0.2) is 0 Å². The van der Waals surface area contributed by atoms with E-state index in [0.29, 0.717) is 11.1 Å². The van der Waals surface area contributed by atoms with E-state index in [1.54, 1.807) is 25.3 Å². The molecule has 0 aromatic heterocycles. The third-order valence-electron chi connectivity index (χ3n) is 3.63. The minimum absolute atomic E-state index is 0.0576. The standard InChI is InChI=1S/C18H17NO2/c1-12-10-14(11-19)4-9-17(12)18(20)13(2)15-5-7-16(21-3)8-6-15/h4-10,13H,1-3H3. The molecule has 0 amide bonds. The summed E-state index contributed by atoms with van der Waals surface area (Å²) in [6.45, 7) is 3.75. The molecule has 0 bridgehead atoms. The predicted molar refractivity (Wildman–Crippen MR) is 81.6 cm³/mol. The van der Waals surface area contributed by atoms with Gasteiger partial charge in [-0.15, -0.1) is 0 Å². The summed E-state index contributed by atoms with van der Waals surface area (Å²) < 4.78 is 5.12. The second-order valence-electron chi connectivity index (χ2n) is 5.00. The molecule has 0 spiro atoms. The van der Waals surface area contributed by atoms with Gasteiger partial charge in [0.25, 0.3) is 0 Å². The molecule has 0 N–H and O–H groups in total. The second-order valence-corrected chi connectivity index (χ2v) is 5.00. The van der Waals surface area contributed by atoms with Crippen LogP contribution in [0, 0.1) is 18.3 Å². The van der Waals surface area contributed by atoms with Crippen molar-refractivity contribution in [3.8, 4) is 11.8 Å². The normalized spacial score (nSPS) is 11.5.